The maximum Gasteiger partial charge on any atom is 0.321 e. The van der Waals surface area contributed by atoms with Gasteiger partial charge in [-0.1, -0.05) is 23.8 Å². The quantitative estimate of drug-likeness (QED) is 0.927. The minimum Gasteiger partial charge on any atom is -0.368 e. The highest BCUT2D eigenvalue weighted by Gasteiger charge is 2.24. The zero-order valence-electron chi connectivity index (χ0n) is 12.6. The number of allylic oxidation sites excluding steroid dienone is 1. The van der Waals surface area contributed by atoms with Gasteiger partial charge in [-0.2, -0.15) is 0 Å². The van der Waals surface area contributed by atoms with Crippen LogP contribution >= 0.6 is 0 Å². The van der Waals surface area contributed by atoms with Crippen molar-refractivity contribution in [2.24, 2.45) is 5.92 Å². The standard InChI is InChI=1S/C17H23N3O/c1-14(15-7-8-15)13-18-17(21)20-11-9-19(10-12-20)16-5-3-2-4-6-16/h2-6,13,15H,7-12H2,1H3,(H,18,21)/b14-13+. The fraction of sp³-hybridized carbons (Fsp3) is 0.471. The third-order valence-electron chi connectivity index (χ3n) is 4.33. The molecule has 1 aliphatic heterocycles. The van der Waals surface area contributed by atoms with Crippen LogP contribution < -0.4 is 10.2 Å². The Kier molecular flexibility index (Phi) is 4.13. The number of anilines is 1. The normalized spacial score (nSPS) is 19.6. The summed E-state index contributed by atoms with van der Waals surface area (Å²) in [4.78, 5) is 16.4. The van der Waals surface area contributed by atoms with Gasteiger partial charge < -0.3 is 15.1 Å². The summed E-state index contributed by atoms with van der Waals surface area (Å²) in [6.45, 7) is 5.44. The first-order valence-electron chi connectivity index (χ1n) is 7.76. The van der Waals surface area contributed by atoms with Crippen molar-refractivity contribution in [3.63, 3.8) is 0 Å². The predicted octanol–water partition coefficient (Wildman–Crippen LogP) is 2.83. The SMILES string of the molecule is C/C(=C\NC(=O)N1CCN(c2ccccc2)CC1)C1CC1. The maximum absolute atomic E-state index is 12.1. The zero-order chi connectivity index (χ0) is 14.7. The molecule has 112 valence electrons. The van der Waals surface area contributed by atoms with Gasteiger partial charge in [0.25, 0.3) is 0 Å². The number of nitrogens with zero attached hydrogens (tertiary/aromatic N) is 2. The van der Waals surface area contributed by atoms with Crippen LogP contribution in [0.1, 0.15) is 19.8 Å². The highest BCUT2D eigenvalue weighted by Crippen LogP contribution is 2.35. The third kappa shape index (κ3) is 3.57. The molecule has 0 atom stereocenters. The number of piperazine rings is 1. The summed E-state index contributed by atoms with van der Waals surface area (Å²) >= 11 is 0. The van der Waals surface area contributed by atoms with Crippen molar-refractivity contribution in [1.29, 1.82) is 0 Å². The second-order valence-electron chi connectivity index (χ2n) is 5.92. The Balaban J connectivity index is 1.49. The lowest BCUT2D eigenvalue weighted by Gasteiger charge is -2.35. The summed E-state index contributed by atoms with van der Waals surface area (Å²) in [6.07, 6.45) is 4.44. The summed E-state index contributed by atoms with van der Waals surface area (Å²) in [6, 6.07) is 10.4. The van der Waals surface area contributed by atoms with Gasteiger partial charge in [-0.05, 0) is 37.8 Å². The Labute approximate surface area is 126 Å². The number of hydrogen-bond acceptors (Lipinski definition) is 2. The largest absolute Gasteiger partial charge is 0.368 e. The molecule has 0 spiro atoms. The van der Waals surface area contributed by atoms with Crippen molar-refractivity contribution in [1.82, 2.24) is 10.2 Å². The average Bonchev–Trinajstić information content (AvgIpc) is 3.38. The third-order valence-corrected chi connectivity index (χ3v) is 4.33. The van der Waals surface area contributed by atoms with Gasteiger partial charge in [-0.25, -0.2) is 4.79 Å². The number of para-hydroxylation sites is 1. The Morgan fingerprint density at radius 1 is 1.14 bits per heavy atom. The molecule has 0 bridgehead atoms. The monoisotopic (exact) mass is 285 g/mol. The summed E-state index contributed by atoms with van der Waals surface area (Å²) in [5, 5.41) is 2.93. The minimum atomic E-state index is 0.0303. The van der Waals surface area contributed by atoms with Crippen LogP contribution in [0, 0.1) is 5.92 Å². The second kappa shape index (κ2) is 6.20. The molecule has 21 heavy (non-hydrogen) atoms. The Hall–Kier alpha value is -1.97. The van der Waals surface area contributed by atoms with Gasteiger partial charge in [-0.15, -0.1) is 0 Å². The van der Waals surface area contributed by atoms with Crippen LogP contribution in [0.25, 0.3) is 0 Å². The number of nitrogens with one attached hydrogen (secondary N) is 1. The van der Waals surface area contributed by atoms with E-state index in [-0.39, 0.29) is 6.03 Å². The topological polar surface area (TPSA) is 35.6 Å². The van der Waals surface area contributed by atoms with Gasteiger partial charge in [0, 0.05) is 38.1 Å². The highest BCUT2D eigenvalue weighted by atomic mass is 16.2. The summed E-state index contributed by atoms with van der Waals surface area (Å²) in [7, 11) is 0. The highest BCUT2D eigenvalue weighted by molar-refractivity contribution is 5.75. The van der Waals surface area contributed by atoms with E-state index in [1.165, 1.54) is 24.1 Å². The van der Waals surface area contributed by atoms with Crippen molar-refractivity contribution < 1.29 is 4.79 Å². The first-order chi connectivity index (χ1) is 10.2. The van der Waals surface area contributed by atoms with Gasteiger partial charge in [0.1, 0.15) is 0 Å². The summed E-state index contributed by atoms with van der Waals surface area (Å²) in [5.41, 5.74) is 2.54. The van der Waals surface area contributed by atoms with Gasteiger partial charge in [-0.3, -0.25) is 0 Å². The number of amides is 2. The molecule has 0 aromatic heterocycles. The van der Waals surface area contributed by atoms with E-state index in [1.54, 1.807) is 0 Å². The van der Waals surface area contributed by atoms with E-state index in [9.17, 15) is 4.79 Å². The van der Waals surface area contributed by atoms with Crippen LogP contribution in [0.2, 0.25) is 0 Å². The molecule has 0 unspecified atom stereocenters. The lowest BCUT2D eigenvalue weighted by molar-refractivity contribution is 0.198. The van der Waals surface area contributed by atoms with Crippen molar-refractivity contribution >= 4 is 11.7 Å². The fourth-order valence-electron chi connectivity index (χ4n) is 2.73. The number of carbonyl (C=O) groups is 1. The average molecular weight is 285 g/mol. The summed E-state index contributed by atoms with van der Waals surface area (Å²) < 4.78 is 0. The Morgan fingerprint density at radius 2 is 1.81 bits per heavy atom. The van der Waals surface area contributed by atoms with Crippen LogP contribution in [0.4, 0.5) is 10.5 Å². The number of benzene rings is 1. The molecule has 4 heteroatoms. The molecule has 0 radical (unpaired) electrons. The Bertz CT molecular complexity index is 514. The molecule has 3 rings (SSSR count). The van der Waals surface area contributed by atoms with E-state index in [0.717, 1.165) is 26.2 Å². The van der Waals surface area contributed by atoms with Crippen molar-refractivity contribution in [2.75, 3.05) is 31.1 Å². The molecule has 1 N–H and O–H groups in total. The molecular formula is C17H23N3O. The molecule has 1 aromatic carbocycles. The maximum atomic E-state index is 12.1. The van der Waals surface area contributed by atoms with E-state index in [2.05, 4.69) is 41.4 Å². The fourth-order valence-corrected chi connectivity index (χ4v) is 2.73. The molecule has 1 saturated carbocycles. The van der Waals surface area contributed by atoms with E-state index in [0.29, 0.717) is 5.92 Å². The summed E-state index contributed by atoms with van der Waals surface area (Å²) in [5.74, 6) is 0.709. The molecule has 2 aliphatic rings. The number of carbonyl (C=O) groups excluding carboxylic acids is 1. The van der Waals surface area contributed by atoms with Gasteiger partial charge >= 0.3 is 6.03 Å². The van der Waals surface area contributed by atoms with Crippen LogP contribution in [-0.4, -0.2) is 37.1 Å². The van der Waals surface area contributed by atoms with Crippen molar-refractivity contribution in [3.05, 3.63) is 42.1 Å². The molecule has 1 aliphatic carbocycles. The molecule has 1 saturated heterocycles. The molecule has 1 heterocycles. The van der Waals surface area contributed by atoms with E-state index < -0.39 is 0 Å². The number of urea groups is 1. The minimum absolute atomic E-state index is 0.0303. The molecule has 1 aromatic rings. The number of hydrogen-bond donors (Lipinski definition) is 1. The first kappa shape index (κ1) is 14.0. The van der Waals surface area contributed by atoms with Crippen LogP contribution in [0.5, 0.6) is 0 Å². The van der Waals surface area contributed by atoms with E-state index in [1.807, 2.05) is 17.2 Å². The molecule has 4 nitrogen and oxygen atoms in total. The zero-order valence-corrected chi connectivity index (χ0v) is 12.6. The molecule has 2 fully saturated rings. The molecular weight excluding hydrogens is 262 g/mol. The van der Waals surface area contributed by atoms with E-state index >= 15 is 0 Å². The predicted molar refractivity (Wildman–Crippen MR) is 85.2 cm³/mol. The number of rotatable bonds is 3. The van der Waals surface area contributed by atoms with E-state index in [4.69, 9.17) is 0 Å². The first-order valence-corrected chi connectivity index (χ1v) is 7.76. The smallest absolute Gasteiger partial charge is 0.321 e. The van der Waals surface area contributed by atoms with Crippen LogP contribution in [0.3, 0.4) is 0 Å². The van der Waals surface area contributed by atoms with Gasteiger partial charge in [0.2, 0.25) is 0 Å². The Morgan fingerprint density at radius 3 is 2.43 bits per heavy atom. The van der Waals surface area contributed by atoms with Gasteiger partial charge in [0.15, 0.2) is 0 Å². The van der Waals surface area contributed by atoms with Crippen LogP contribution in [-0.2, 0) is 0 Å². The van der Waals surface area contributed by atoms with Gasteiger partial charge in [0.05, 0.1) is 0 Å². The molecule has 2 amide bonds. The second-order valence-corrected chi connectivity index (χ2v) is 5.92. The lowest BCUT2D eigenvalue weighted by atomic mass is 10.2. The van der Waals surface area contributed by atoms with Crippen molar-refractivity contribution in [2.45, 2.75) is 19.8 Å². The van der Waals surface area contributed by atoms with Crippen molar-refractivity contribution in [3.8, 4) is 0 Å². The van der Waals surface area contributed by atoms with Crippen LogP contribution in [0.15, 0.2) is 42.1 Å². The lowest BCUT2D eigenvalue weighted by Crippen LogP contribution is -2.51.